The van der Waals surface area contributed by atoms with E-state index < -0.39 is 11.6 Å². The smallest absolute Gasteiger partial charge is 0.325 e. The quantitative estimate of drug-likeness (QED) is 0.528. The Morgan fingerprint density at radius 2 is 2.00 bits per heavy atom. The fourth-order valence-corrected chi connectivity index (χ4v) is 5.89. The molecule has 5 heterocycles. The third-order valence-corrected chi connectivity index (χ3v) is 7.94. The predicted octanol–water partition coefficient (Wildman–Crippen LogP) is 3.29. The molecule has 0 spiro atoms. The Balaban J connectivity index is 1.38. The first kappa shape index (κ1) is 23.2. The number of rotatable bonds is 6. The van der Waals surface area contributed by atoms with Crippen LogP contribution in [0.1, 0.15) is 45.2 Å². The Kier molecular flexibility index (Phi) is 6.14. The Morgan fingerprint density at radius 1 is 1.20 bits per heavy atom. The molecule has 35 heavy (non-hydrogen) atoms. The van der Waals surface area contributed by atoms with Gasteiger partial charge in [-0.2, -0.15) is 0 Å². The summed E-state index contributed by atoms with van der Waals surface area (Å²) in [5.74, 6) is -0.0901. The van der Waals surface area contributed by atoms with Gasteiger partial charge in [-0.25, -0.2) is 4.79 Å². The fourth-order valence-electron chi connectivity index (χ4n) is 5.19. The standard InChI is InChI=1S/C25H27N5O4S/c1-16-21(17(2)34-28-16)22(31)29-12-8-18(9-13-29)25(20-7-3-4-11-26-20)23(32)30(24(33)27-25)14-10-19-6-5-15-35-19/h3-7,11,15,18H,8-10,12-14H2,1-2H3,(H,27,33)/t25-/m0/s1. The summed E-state index contributed by atoms with van der Waals surface area (Å²) in [4.78, 5) is 48.8. The van der Waals surface area contributed by atoms with Gasteiger partial charge < -0.3 is 14.7 Å². The lowest BCUT2D eigenvalue weighted by Gasteiger charge is -2.40. The number of nitrogens with one attached hydrogen (secondary N) is 1. The topological polar surface area (TPSA) is 109 Å². The van der Waals surface area contributed by atoms with Crippen molar-refractivity contribution in [2.45, 2.75) is 38.6 Å². The molecule has 0 bridgehead atoms. The summed E-state index contributed by atoms with van der Waals surface area (Å²) in [6.07, 6.45) is 3.35. The van der Waals surface area contributed by atoms with E-state index in [1.54, 1.807) is 48.4 Å². The van der Waals surface area contributed by atoms with Gasteiger partial charge in [-0.3, -0.25) is 19.5 Å². The number of aromatic nitrogens is 2. The highest BCUT2D eigenvalue weighted by Crippen LogP contribution is 2.41. The second-order valence-corrected chi connectivity index (χ2v) is 10.0. The van der Waals surface area contributed by atoms with Gasteiger partial charge in [0.15, 0.2) is 5.54 Å². The summed E-state index contributed by atoms with van der Waals surface area (Å²) in [5.41, 5.74) is 0.353. The average Bonchev–Trinajstić information content (AvgIpc) is 3.57. The van der Waals surface area contributed by atoms with Crippen molar-refractivity contribution < 1.29 is 18.9 Å². The van der Waals surface area contributed by atoms with Crippen LogP contribution in [0.25, 0.3) is 0 Å². The number of thiophene rings is 1. The molecule has 0 aliphatic carbocycles. The molecular formula is C25H27N5O4S. The first-order valence-electron chi connectivity index (χ1n) is 11.7. The summed E-state index contributed by atoms with van der Waals surface area (Å²) >= 11 is 1.61. The van der Waals surface area contributed by atoms with Crippen molar-refractivity contribution in [3.05, 3.63) is 69.5 Å². The van der Waals surface area contributed by atoms with Gasteiger partial charge in [-0.15, -0.1) is 11.3 Å². The molecule has 9 nitrogen and oxygen atoms in total. The number of likely N-dealkylation sites (tertiary alicyclic amines) is 1. The maximum Gasteiger partial charge on any atom is 0.325 e. The van der Waals surface area contributed by atoms with Crippen molar-refractivity contribution in [3.8, 4) is 0 Å². The number of hydrogen-bond acceptors (Lipinski definition) is 7. The number of imide groups is 1. The molecular weight excluding hydrogens is 466 g/mol. The zero-order chi connectivity index (χ0) is 24.6. The monoisotopic (exact) mass is 493 g/mol. The lowest BCUT2D eigenvalue weighted by molar-refractivity contribution is -0.134. The number of urea groups is 1. The SMILES string of the molecule is Cc1noc(C)c1C(=O)N1CCC([C@@]2(c3ccccn3)NC(=O)N(CCc3cccs3)C2=O)CC1. The van der Waals surface area contributed by atoms with Crippen LogP contribution >= 0.6 is 11.3 Å². The number of hydrogen-bond donors (Lipinski definition) is 1. The van der Waals surface area contributed by atoms with Crippen LogP contribution in [0, 0.1) is 19.8 Å². The van der Waals surface area contributed by atoms with E-state index in [1.165, 1.54) is 4.90 Å². The third kappa shape index (κ3) is 4.01. The average molecular weight is 494 g/mol. The molecule has 10 heteroatoms. The number of nitrogens with zero attached hydrogens (tertiary/aromatic N) is 4. The van der Waals surface area contributed by atoms with Gasteiger partial charge in [0.05, 0.1) is 11.4 Å². The van der Waals surface area contributed by atoms with Crippen LogP contribution in [-0.4, -0.2) is 57.4 Å². The molecule has 2 aliphatic rings. The number of carbonyl (C=O) groups excluding carboxylic acids is 3. The molecule has 4 amide bonds. The molecule has 3 aromatic rings. The van der Waals surface area contributed by atoms with E-state index in [0.29, 0.717) is 61.6 Å². The molecule has 0 saturated carbocycles. The maximum atomic E-state index is 13.9. The summed E-state index contributed by atoms with van der Waals surface area (Å²) in [6.45, 7) is 4.71. The first-order valence-corrected chi connectivity index (χ1v) is 12.6. The molecule has 182 valence electrons. The first-order chi connectivity index (χ1) is 16.9. The predicted molar refractivity (Wildman–Crippen MR) is 129 cm³/mol. The van der Waals surface area contributed by atoms with E-state index in [2.05, 4.69) is 15.5 Å². The van der Waals surface area contributed by atoms with E-state index in [1.807, 2.05) is 23.6 Å². The van der Waals surface area contributed by atoms with Gasteiger partial charge in [0.25, 0.3) is 11.8 Å². The molecule has 0 aromatic carbocycles. The van der Waals surface area contributed by atoms with Gasteiger partial charge in [0.1, 0.15) is 11.3 Å². The number of amides is 4. The minimum atomic E-state index is -1.24. The van der Waals surface area contributed by atoms with Gasteiger partial charge in [-0.1, -0.05) is 17.3 Å². The molecule has 5 rings (SSSR count). The number of piperidine rings is 1. The van der Waals surface area contributed by atoms with Crippen molar-refractivity contribution >= 4 is 29.2 Å². The van der Waals surface area contributed by atoms with E-state index >= 15 is 0 Å². The van der Waals surface area contributed by atoms with Gasteiger partial charge >= 0.3 is 6.03 Å². The molecule has 0 unspecified atom stereocenters. The molecule has 2 saturated heterocycles. The van der Waals surface area contributed by atoms with Crippen molar-refractivity contribution in [2.75, 3.05) is 19.6 Å². The highest BCUT2D eigenvalue weighted by molar-refractivity contribution is 7.09. The zero-order valence-corrected chi connectivity index (χ0v) is 20.5. The largest absolute Gasteiger partial charge is 0.361 e. The summed E-state index contributed by atoms with van der Waals surface area (Å²) in [5, 5.41) is 8.90. The second kappa shape index (κ2) is 9.26. The molecule has 1 N–H and O–H groups in total. The minimum Gasteiger partial charge on any atom is -0.361 e. The van der Waals surface area contributed by atoms with Crippen molar-refractivity contribution in [1.82, 2.24) is 25.3 Å². The Hall–Kier alpha value is -3.53. The van der Waals surface area contributed by atoms with Crippen LogP contribution in [0.15, 0.2) is 46.4 Å². The molecule has 3 aromatic heterocycles. The highest BCUT2D eigenvalue weighted by atomic mass is 32.1. The summed E-state index contributed by atoms with van der Waals surface area (Å²) < 4.78 is 5.17. The molecule has 2 aliphatic heterocycles. The van der Waals surface area contributed by atoms with Gasteiger partial charge in [-0.05, 0) is 56.7 Å². The number of aryl methyl sites for hydroxylation is 2. The van der Waals surface area contributed by atoms with E-state index in [0.717, 1.165) is 4.88 Å². The highest BCUT2D eigenvalue weighted by Gasteiger charge is 2.58. The van der Waals surface area contributed by atoms with E-state index in [4.69, 9.17) is 4.52 Å². The molecule has 0 radical (unpaired) electrons. The lowest BCUT2D eigenvalue weighted by atomic mass is 9.75. The van der Waals surface area contributed by atoms with Crippen LogP contribution in [-0.2, 0) is 16.8 Å². The van der Waals surface area contributed by atoms with Crippen molar-refractivity contribution in [3.63, 3.8) is 0 Å². The zero-order valence-electron chi connectivity index (χ0n) is 19.7. The minimum absolute atomic E-state index is 0.119. The summed E-state index contributed by atoms with van der Waals surface area (Å²) in [7, 11) is 0. The third-order valence-electron chi connectivity index (χ3n) is 7.00. The second-order valence-electron chi connectivity index (χ2n) is 9.00. The maximum absolute atomic E-state index is 13.9. The van der Waals surface area contributed by atoms with Crippen LogP contribution < -0.4 is 5.32 Å². The van der Waals surface area contributed by atoms with Gasteiger partial charge in [0.2, 0.25) is 0 Å². The summed E-state index contributed by atoms with van der Waals surface area (Å²) in [6, 6.07) is 8.97. The van der Waals surface area contributed by atoms with Gasteiger partial charge in [0, 0.05) is 36.6 Å². The molecule has 1 atom stereocenters. The normalized spacial score (nSPS) is 21.0. The van der Waals surface area contributed by atoms with Crippen molar-refractivity contribution in [2.24, 2.45) is 5.92 Å². The Bertz CT molecular complexity index is 1210. The van der Waals surface area contributed by atoms with E-state index in [-0.39, 0.29) is 17.7 Å². The number of carbonyl (C=O) groups is 3. The molecule has 2 fully saturated rings. The van der Waals surface area contributed by atoms with Crippen molar-refractivity contribution in [1.29, 1.82) is 0 Å². The Labute approximate surface area is 207 Å². The van der Waals surface area contributed by atoms with Crippen LogP contribution in [0.3, 0.4) is 0 Å². The van der Waals surface area contributed by atoms with E-state index in [9.17, 15) is 14.4 Å². The number of pyridine rings is 1. The van der Waals surface area contributed by atoms with Crippen LogP contribution in [0.4, 0.5) is 4.79 Å². The fraction of sp³-hybridized carbons (Fsp3) is 0.400. The van der Waals surface area contributed by atoms with Crippen LogP contribution in [0.2, 0.25) is 0 Å². The lowest BCUT2D eigenvalue weighted by Crippen LogP contribution is -2.54. The van der Waals surface area contributed by atoms with Crippen LogP contribution in [0.5, 0.6) is 0 Å². The Morgan fingerprint density at radius 3 is 2.63 bits per heavy atom.